The Kier molecular flexibility index (Phi) is 5.30. The van der Waals surface area contributed by atoms with Crippen molar-refractivity contribution in [2.45, 2.75) is 6.92 Å². The van der Waals surface area contributed by atoms with Crippen molar-refractivity contribution in [3.63, 3.8) is 0 Å². The Morgan fingerprint density at radius 2 is 1.86 bits per heavy atom. The first kappa shape index (κ1) is 18.5. The number of nitrogens with zero attached hydrogens (tertiary/aromatic N) is 3. The van der Waals surface area contributed by atoms with Gasteiger partial charge in [0.1, 0.15) is 5.75 Å². The number of amides is 1. The van der Waals surface area contributed by atoms with Gasteiger partial charge in [0.15, 0.2) is 5.13 Å². The Morgan fingerprint density at radius 1 is 1.07 bits per heavy atom. The summed E-state index contributed by atoms with van der Waals surface area (Å²) in [4.78, 5) is 21.8. The summed E-state index contributed by atoms with van der Waals surface area (Å²) in [6.45, 7) is 4.99. The minimum Gasteiger partial charge on any atom is -0.497 e. The molecule has 1 saturated heterocycles. The molecular weight excluding hydrogens is 370 g/mol. The van der Waals surface area contributed by atoms with Crippen molar-refractivity contribution in [2.75, 3.05) is 38.2 Å². The number of hydrogen-bond acceptors (Lipinski definition) is 5. The smallest absolute Gasteiger partial charge is 0.254 e. The van der Waals surface area contributed by atoms with Crippen molar-refractivity contribution in [2.24, 2.45) is 0 Å². The van der Waals surface area contributed by atoms with Gasteiger partial charge < -0.3 is 14.5 Å². The zero-order valence-corrected chi connectivity index (χ0v) is 16.9. The number of methoxy groups -OCH3 is 1. The molecule has 0 spiro atoms. The van der Waals surface area contributed by atoms with E-state index in [0.717, 1.165) is 46.4 Å². The number of piperazine rings is 1. The van der Waals surface area contributed by atoms with E-state index < -0.39 is 0 Å². The highest BCUT2D eigenvalue weighted by Gasteiger charge is 2.24. The lowest BCUT2D eigenvalue weighted by molar-refractivity contribution is 0.0746. The lowest BCUT2D eigenvalue weighted by Crippen LogP contribution is -2.48. The molecule has 144 valence electrons. The summed E-state index contributed by atoms with van der Waals surface area (Å²) in [6.07, 6.45) is 0. The Hall–Kier alpha value is -2.86. The minimum atomic E-state index is 0.119. The molecule has 28 heavy (non-hydrogen) atoms. The molecule has 0 radical (unpaired) electrons. The number of anilines is 1. The number of rotatable bonds is 4. The number of carbonyl (C=O) groups is 1. The van der Waals surface area contributed by atoms with Crippen molar-refractivity contribution >= 4 is 22.4 Å². The Balaban J connectivity index is 1.42. The number of benzene rings is 2. The Morgan fingerprint density at radius 3 is 2.61 bits per heavy atom. The van der Waals surface area contributed by atoms with Gasteiger partial charge in [-0.15, -0.1) is 11.3 Å². The van der Waals surface area contributed by atoms with Crippen LogP contribution in [0, 0.1) is 6.92 Å². The summed E-state index contributed by atoms with van der Waals surface area (Å²) in [6, 6.07) is 15.7. The summed E-state index contributed by atoms with van der Waals surface area (Å²) in [5, 5.41) is 3.08. The van der Waals surface area contributed by atoms with E-state index in [4.69, 9.17) is 9.72 Å². The third-order valence-electron chi connectivity index (χ3n) is 5.07. The van der Waals surface area contributed by atoms with Crippen LogP contribution in [-0.2, 0) is 0 Å². The first-order valence-corrected chi connectivity index (χ1v) is 10.2. The molecule has 0 N–H and O–H groups in total. The summed E-state index contributed by atoms with van der Waals surface area (Å²) >= 11 is 1.64. The SMILES string of the molecule is COc1cccc(-c2csc(N3CCN(C(=O)c4ccccc4C)CC3)n2)c1. The summed E-state index contributed by atoms with van der Waals surface area (Å²) in [5.74, 6) is 0.948. The molecule has 6 heteroatoms. The summed E-state index contributed by atoms with van der Waals surface area (Å²) in [5.41, 5.74) is 3.83. The predicted octanol–water partition coefficient (Wildman–Crippen LogP) is 4.09. The fourth-order valence-electron chi connectivity index (χ4n) is 3.41. The molecule has 1 aromatic heterocycles. The van der Waals surface area contributed by atoms with Gasteiger partial charge in [0.25, 0.3) is 5.91 Å². The summed E-state index contributed by atoms with van der Waals surface area (Å²) < 4.78 is 5.31. The van der Waals surface area contributed by atoms with Gasteiger partial charge in [-0.25, -0.2) is 4.98 Å². The zero-order chi connectivity index (χ0) is 19.5. The molecule has 0 saturated carbocycles. The second-order valence-corrected chi connectivity index (χ2v) is 7.68. The molecule has 1 aliphatic rings. The van der Waals surface area contributed by atoms with Crippen LogP contribution in [0.4, 0.5) is 5.13 Å². The second kappa shape index (κ2) is 8.02. The highest BCUT2D eigenvalue weighted by atomic mass is 32.1. The van der Waals surface area contributed by atoms with Crippen molar-refractivity contribution < 1.29 is 9.53 Å². The number of hydrogen-bond donors (Lipinski definition) is 0. The minimum absolute atomic E-state index is 0.119. The van der Waals surface area contributed by atoms with Crippen LogP contribution in [0.1, 0.15) is 15.9 Å². The van der Waals surface area contributed by atoms with Gasteiger partial charge in [0.05, 0.1) is 12.8 Å². The van der Waals surface area contributed by atoms with Crippen LogP contribution in [-0.4, -0.2) is 49.1 Å². The van der Waals surface area contributed by atoms with E-state index in [0.29, 0.717) is 13.1 Å². The average molecular weight is 394 g/mol. The molecular formula is C22H23N3O2S. The van der Waals surface area contributed by atoms with Gasteiger partial charge in [0, 0.05) is 42.7 Å². The number of thiazole rings is 1. The van der Waals surface area contributed by atoms with Gasteiger partial charge in [-0.3, -0.25) is 4.79 Å². The molecule has 5 nitrogen and oxygen atoms in total. The maximum absolute atomic E-state index is 12.8. The van der Waals surface area contributed by atoms with Crippen LogP contribution < -0.4 is 9.64 Å². The number of ether oxygens (including phenoxy) is 1. The second-order valence-electron chi connectivity index (χ2n) is 6.84. The van der Waals surface area contributed by atoms with Gasteiger partial charge in [-0.05, 0) is 30.7 Å². The molecule has 1 fully saturated rings. The molecule has 1 aliphatic heterocycles. The molecule has 4 rings (SSSR count). The molecule has 3 aromatic rings. The first-order chi connectivity index (χ1) is 13.7. The normalized spacial score (nSPS) is 14.2. The standard InChI is InChI=1S/C22H23N3O2S/c1-16-6-3-4-9-19(16)21(26)24-10-12-25(13-11-24)22-23-20(15-28-22)17-7-5-8-18(14-17)27-2/h3-9,14-15H,10-13H2,1-2H3. The monoisotopic (exact) mass is 393 g/mol. The van der Waals surface area contributed by atoms with E-state index in [1.807, 2.05) is 60.4 Å². The van der Waals surface area contributed by atoms with Crippen LogP contribution in [0.15, 0.2) is 53.9 Å². The highest BCUT2D eigenvalue weighted by Crippen LogP contribution is 2.30. The van der Waals surface area contributed by atoms with Crippen LogP contribution in [0.5, 0.6) is 5.75 Å². The van der Waals surface area contributed by atoms with E-state index in [-0.39, 0.29) is 5.91 Å². The van der Waals surface area contributed by atoms with Crippen molar-refractivity contribution in [1.82, 2.24) is 9.88 Å². The van der Waals surface area contributed by atoms with Crippen molar-refractivity contribution in [3.05, 3.63) is 65.0 Å². The quantitative estimate of drug-likeness (QED) is 0.670. The predicted molar refractivity (Wildman–Crippen MR) is 113 cm³/mol. The topological polar surface area (TPSA) is 45.7 Å². The van der Waals surface area contributed by atoms with Crippen molar-refractivity contribution in [3.8, 4) is 17.0 Å². The lowest BCUT2D eigenvalue weighted by Gasteiger charge is -2.34. The van der Waals surface area contributed by atoms with Crippen LogP contribution in [0.25, 0.3) is 11.3 Å². The van der Waals surface area contributed by atoms with E-state index in [9.17, 15) is 4.79 Å². The third-order valence-corrected chi connectivity index (χ3v) is 5.97. The van der Waals surface area contributed by atoms with E-state index >= 15 is 0 Å². The summed E-state index contributed by atoms with van der Waals surface area (Å²) in [7, 11) is 1.67. The molecule has 0 aliphatic carbocycles. The lowest BCUT2D eigenvalue weighted by atomic mass is 10.1. The first-order valence-electron chi connectivity index (χ1n) is 9.35. The maximum Gasteiger partial charge on any atom is 0.254 e. The van der Waals surface area contributed by atoms with E-state index in [2.05, 4.69) is 10.3 Å². The highest BCUT2D eigenvalue weighted by molar-refractivity contribution is 7.14. The Labute approximate surface area is 169 Å². The Bertz CT molecular complexity index is 977. The number of carbonyl (C=O) groups excluding carboxylic acids is 1. The fraction of sp³-hybridized carbons (Fsp3) is 0.273. The molecule has 2 heterocycles. The van der Waals surface area contributed by atoms with Crippen LogP contribution >= 0.6 is 11.3 Å². The van der Waals surface area contributed by atoms with Crippen LogP contribution in [0.2, 0.25) is 0 Å². The third kappa shape index (κ3) is 3.73. The van der Waals surface area contributed by atoms with Crippen molar-refractivity contribution in [1.29, 1.82) is 0 Å². The fourth-order valence-corrected chi connectivity index (χ4v) is 4.30. The maximum atomic E-state index is 12.8. The van der Waals surface area contributed by atoms with Crippen LogP contribution in [0.3, 0.4) is 0 Å². The van der Waals surface area contributed by atoms with Gasteiger partial charge in [-0.2, -0.15) is 0 Å². The molecule has 0 unspecified atom stereocenters. The number of aromatic nitrogens is 1. The largest absolute Gasteiger partial charge is 0.497 e. The molecule has 1 amide bonds. The van der Waals surface area contributed by atoms with Gasteiger partial charge in [-0.1, -0.05) is 30.3 Å². The van der Waals surface area contributed by atoms with Gasteiger partial charge >= 0.3 is 0 Å². The number of aryl methyl sites for hydroxylation is 1. The average Bonchev–Trinajstić information content (AvgIpc) is 3.24. The van der Waals surface area contributed by atoms with Gasteiger partial charge in [0.2, 0.25) is 0 Å². The van der Waals surface area contributed by atoms with E-state index in [1.54, 1.807) is 18.4 Å². The molecule has 2 aromatic carbocycles. The molecule has 0 bridgehead atoms. The zero-order valence-electron chi connectivity index (χ0n) is 16.1. The van der Waals surface area contributed by atoms with E-state index in [1.165, 1.54) is 0 Å². The molecule has 0 atom stereocenters.